The van der Waals surface area contributed by atoms with E-state index < -0.39 is 8.77 Å². The topological polar surface area (TPSA) is 26.3 Å². The largest absolute Gasteiger partial charge is 0.286 e. The van der Waals surface area contributed by atoms with Crippen molar-refractivity contribution < 1.29 is 8.39 Å². The van der Waals surface area contributed by atoms with E-state index in [-0.39, 0.29) is 0 Å². The van der Waals surface area contributed by atoms with Gasteiger partial charge in [0.05, 0.1) is 11.5 Å². The van der Waals surface area contributed by atoms with Gasteiger partial charge < -0.3 is 0 Å². The number of hydrogen-bond donors (Lipinski definition) is 0. The molecule has 1 rings (SSSR count). The van der Waals surface area contributed by atoms with Crippen LogP contribution in [-0.4, -0.2) is 16.1 Å². The molecular formula is C10H13BrO2S2. The third-order valence-corrected chi connectivity index (χ3v) is 4.58. The monoisotopic (exact) mass is 308 g/mol. The minimum Gasteiger partial charge on any atom is -0.286 e. The van der Waals surface area contributed by atoms with Gasteiger partial charge in [0, 0.05) is 16.5 Å². The molecule has 0 heterocycles. The standard InChI is InChI=1S/C10H13BrO2S2/c1-9-3-5-10(6-4-9)15(12,14)13-8-2-7-11/h3-6H,2,7-8H2,1H3. The first-order valence-corrected chi connectivity index (χ1v) is 8.11. The zero-order chi connectivity index (χ0) is 11.3. The number of halogens is 1. The van der Waals surface area contributed by atoms with Crippen LogP contribution in [-0.2, 0) is 24.1 Å². The first kappa shape index (κ1) is 13.1. The molecular weight excluding hydrogens is 296 g/mol. The summed E-state index contributed by atoms with van der Waals surface area (Å²) in [6, 6.07) is 7.29. The Kier molecular flexibility index (Phi) is 5.18. The number of benzene rings is 1. The quantitative estimate of drug-likeness (QED) is 0.618. The molecule has 0 aliphatic heterocycles. The summed E-state index contributed by atoms with van der Waals surface area (Å²) in [5.41, 5.74) is 1.12. The van der Waals surface area contributed by atoms with Gasteiger partial charge in [-0.15, -0.1) is 0 Å². The van der Waals surface area contributed by atoms with E-state index in [2.05, 4.69) is 15.9 Å². The summed E-state index contributed by atoms with van der Waals surface area (Å²) in [6.45, 7) is 2.39. The van der Waals surface area contributed by atoms with Gasteiger partial charge in [0.1, 0.15) is 0 Å². The van der Waals surface area contributed by atoms with E-state index in [0.717, 1.165) is 17.3 Å². The molecule has 1 aromatic rings. The third kappa shape index (κ3) is 4.18. The molecule has 0 amide bonds. The Morgan fingerprint density at radius 1 is 1.40 bits per heavy atom. The van der Waals surface area contributed by atoms with Gasteiger partial charge >= 0.3 is 0 Å². The van der Waals surface area contributed by atoms with Gasteiger partial charge in [-0.05, 0) is 25.5 Å². The van der Waals surface area contributed by atoms with E-state index >= 15 is 0 Å². The average Bonchev–Trinajstić information content (AvgIpc) is 2.18. The smallest absolute Gasteiger partial charge is 0.173 e. The summed E-state index contributed by atoms with van der Waals surface area (Å²) < 4.78 is 17.2. The van der Waals surface area contributed by atoms with Crippen LogP contribution >= 0.6 is 15.9 Å². The highest BCUT2D eigenvalue weighted by atomic mass is 79.9. The van der Waals surface area contributed by atoms with E-state index in [1.165, 1.54) is 0 Å². The van der Waals surface area contributed by atoms with Crippen molar-refractivity contribution >= 4 is 35.9 Å². The fourth-order valence-corrected chi connectivity index (χ4v) is 2.71. The molecule has 0 aliphatic carbocycles. The Hall–Kier alpha value is 0.0300. The fourth-order valence-electron chi connectivity index (χ4n) is 0.996. The Morgan fingerprint density at radius 2 is 2.00 bits per heavy atom. The van der Waals surface area contributed by atoms with E-state index in [1.54, 1.807) is 12.1 Å². The Morgan fingerprint density at radius 3 is 2.53 bits per heavy atom. The van der Waals surface area contributed by atoms with Gasteiger partial charge in [-0.2, -0.15) is 0 Å². The molecule has 0 spiro atoms. The van der Waals surface area contributed by atoms with Crippen molar-refractivity contribution in [2.24, 2.45) is 0 Å². The molecule has 2 nitrogen and oxygen atoms in total. The van der Waals surface area contributed by atoms with Crippen LogP contribution in [0.4, 0.5) is 0 Å². The summed E-state index contributed by atoms with van der Waals surface area (Å²) >= 11 is 8.23. The first-order chi connectivity index (χ1) is 7.06. The lowest BCUT2D eigenvalue weighted by Gasteiger charge is -2.07. The van der Waals surface area contributed by atoms with E-state index in [1.807, 2.05) is 19.1 Å². The highest BCUT2D eigenvalue weighted by Gasteiger charge is 2.09. The average molecular weight is 309 g/mol. The maximum absolute atomic E-state index is 12.0. The zero-order valence-electron chi connectivity index (χ0n) is 8.44. The molecule has 1 atom stereocenters. The van der Waals surface area contributed by atoms with Gasteiger partial charge in [0.25, 0.3) is 0 Å². The molecule has 15 heavy (non-hydrogen) atoms. The summed E-state index contributed by atoms with van der Waals surface area (Å²) in [6.07, 6.45) is 0.805. The van der Waals surface area contributed by atoms with Gasteiger partial charge in [-0.3, -0.25) is 4.18 Å². The highest BCUT2D eigenvalue weighted by Crippen LogP contribution is 2.14. The van der Waals surface area contributed by atoms with Gasteiger partial charge in [-0.25, -0.2) is 4.21 Å². The SMILES string of the molecule is Cc1ccc(S(=O)(=S)OCCCBr)cc1. The second-order valence-electron chi connectivity index (χ2n) is 3.13. The fraction of sp³-hybridized carbons (Fsp3) is 0.400. The molecule has 0 aromatic heterocycles. The van der Waals surface area contributed by atoms with E-state index in [4.69, 9.17) is 15.4 Å². The molecule has 1 unspecified atom stereocenters. The first-order valence-electron chi connectivity index (χ1n) is 4.58. The van der Waals surface area contributed by atoms with Crippen molar-refractivity contribution in [2.45, 2.75) is 18.2 Å². The number of aryl methyl sites for hydroxylation is 1. The minimum atomic E-state index is -2.74. The van der Waals surface area contributed by atoms with Crippen LogP contribution in [0, 0.1) is 6.92 Å². The van der Waals surface area contributed by atoms with Crippen LogP contribution in [0.3, 0.4) is 0 Å². The predicted molar refractivity (Wildman–Crippen MR) is 69.3 cm³/mol. The lowest BCUT2D eigenvalue weighted by molar-refractivity contribution is 0.347. The van der Waals surface area contributed by atoms with Gasteiger partial charge in [-0.1, -0.05) is 33.6 Å². The van der Waals surface area contributed by atoms with Crippen molar-refractivity contribution in [1.29, 1.82) is 0 Å². The molecule has 0 saturated heterocycles. The van der Waals surface area contributed by atoms with Crippen LogP contribution in [0.2, 0.25) is 0 Å². The lowest BCUT2D eigenvalue weighted by Crippen LogP contribution is -2.06. The summed E-state index contributed by atoms with van der Waals surface area (Å²) in [5, 5.41) is 0.825. The maximum atomic E-state index is 12.0. The molecule has 0 aliphatic rings. The van der Waals surface area contributed by atoms with Crippen LogP contribution in [0.25, 0.3) is 0 Å². The van der Waals surface area contributed by atoms with Gasteiger partial charge in [0.15, 0.2) is 8.77 Å². The highest BCUT2D eigenvalue weighted by molar-refractivity contribution is 9.09. The molecule has 0 radical (unpaired) electrons. The normalized spacial score (nSPS) is 14.8. The second-order valence-corrected chi connectivity index (χ2v) is 6.86. The van der Waals surface area contributed by atoms with Crippen molar-refractivity contribution in [1.82, 2.24) is 0 Å². The third-order valence-electron chi connectivity index (χ3n) is 1.83. The number of hydrogen-bond acceptors (Lipinski definition) is 3. The molecule has 1 aromatic carbocycles. The second kappa shape index (κ2) is 5.94. The van der Waals surface area contributed by atoms with Crippen molar-refractivity contribution in [3.05, 3.63) is 29.8 Å². The molecule has 0 fully saturated rings. The molecule has 0 N–H and O–H groups in total. The Balaban J connectivity index is 2.73. The lowest BCUT2D eigenvalue weighted by atomic mass is 10.2. The Bertz CT molecular complexity index is 398. The molecule has 84 valence electrons. The zero-order valence-corrected chi connectivity index (χ0v) is 11.7. The van der Waals surface area contributed by atoms with E-state index in [9.17, 15) is 4.21 Å². The summed E-state index contributed by atoms with van der Waals surface area (Å²) in [5.74, 6) is 0. The van der Waals surface area contributed by atoms with Crippen molar-refractivity contribution in [3.63, 3.8) is 0 Å². The van der Waals surface area contributed by atoms with Crippen molar-refractivity contribution in [2.75, 3.05) is 11.9 Å². The van der Waals surface area contributed by atoms with Crippen LogP contribution in [0.1, 0.15) is 12.0 Å². The molecule has 5 heteroatoms. The number of rotatable bonds is 5. The van der Waals surface area contributed by atoms with Gasteiger partial charge in [0.2, 0.25) is 0 Å². The molecule has 0 saturated carbocycles. The molecule has 0 bridgehead atoms. The predicted octanol–water partition coefficient (Wildman–Crippen LogP) is 2.82. The minimum absolute atomic E-state index is 0.418. The maximum Gasteiger partial charge on any atom is 0.173 e. The van der Waals surface area contributed by atoms with Crippen LogP contribution in [0.5, 0.6) is 0 Å². The number of alkyl halides is 1. The van der Waals surface area contributed by atoms with Crippen LogP contribution < -0.4 is 0 Å². The van der Waals surface area contributed by atoms with Crippen LogP contribution in [0.15, 0.2) is 29.2 Å². The van der Waals surface area contributed by atoms with Crippen molar-refractivity contribution in [3.8, 4) is 0 Å². The summed E-state index contributed by atoms with van der Waals surface area (Å²) in [7, 11) is -2.74. The summed E-state index contributed by atoms with van der Waals surface area (Å²) in [4.78, 5) is 0.581. The Labute approximate surface area is 104 Å². The van der Waals surface area contributed by atoms with E-state index in [0.29, 0.717) is 11.5 Å².